The fourth-order valence-corrected chi connectivity index (χ4v) is 7.85. The first-order valence-electron chi connectivity index (χ1n) is 17.5. The van der Waals surface area contributed by atoms with Crippen molar-refractivity contribution in [1.29, 1.82) is 0 Å². The van der Waals surface area contributed by atoms with Crippen LogP contribution in [0.5, 0.6) is 17.2 Å². The lowest BCUT2D eigenvalue weighted by Crippen LogP contribution is -2.55. The average Bonchev–Trinajstić information content (AvgIpc) is 3.16. The molecule has 0 heterocycles. The van der Waals surface area contributed by atoms with Crippen molar-refractivity contribution >= 4 is 27.5 Å². The van der Waals surface area contributed by atoms with Gasteiger partial charge in [0, 0.05) is 30.6 Å². The molecule has 1 aliphatic rings. The van der Waals surface area contributed by atoms with Crippen LogP contribution in [0.2, 0.25) is 0 Å². The quantitative estimate of drug-likeness (QED) is 0.140. The Labute approximate surface area is 305 Å². The van der Waals surface area contributed by atoms with Gasteiger partial charge in [-0.15, -0.1) is 0 Å². The van der Waals surface area contributed by atoms with Gasteiger partial charge in [-0.25, -0.2) is 12.8 Å². The number of methoxy groups -OCH3 is 2. The zero-order chi connectivity index (χ0) is 37.1. The zero-order valence-corrected chi connectivity index (χ0v) is 30.6. The minimum Gasteiger partial charge on any atom is -0.494 e. The molecule has 1 aliphatic carbocycles. The largest absolute Gasteiger partial charge is 0.494 e. The minimum absolute atomic E-state index is 0.0595. The van der Waals surface area contributed by atoms with Crippen LogP contribution in [0.4, 0.5) is 10.1 Å². The summed E-state index contributed by atoms with van der Waals surface area (Å²) in [6, 6.07) is 24.7. The van der Waals surface area contributed by atoms with Crippen molar-refractivity contribution in [2.45, 2.75) is 69.0 Å². The molecule has 0 radical (unpaired) electrons. The van der Waals surface area contributed by atoms with Crippen molar-refractivity contribution in [2.24, 2.45) is 0 Å². The number of hydrogen-bond acceptors (Lipinski definition) is 7. The summed E-state index contributed by atoms with van der Waals surface area (Å²) < 4.78 is 61.6. The number of halogens is 1. The number of carbonyl (C=O) groups excluding carboxylic acids is 2. The fourth-order valence-electron chi connectivity index (χ4n) is 6.42. The first-order valence-corrected chi connectivity index (χ1v) is 18.9. The predicted octanol–water partition coefficient (Wildman–Crippen LogP) is 6.53. The Morgan fingerprint density at radius 3 is 2.19 bits per heavy atom. The lowest BCUT2D eigenvalue weighted by Gasteiger charge is -2.35. The van der Waals surface area contributed by atoms with Crippen LogP contribution in [-0.2, 0) is 32.6 Å². The number of benzene rings is 4. The topological polar surface area (TPSA) is 114 Å². The van der Waals surface area contributed by atoms with Gasteiger partial charge in [0.15, 0.2) is 11.5 Å². The third-order valence-electron chi connectivity index (χ3n) is 9.18. The smallest absolute Gasteiger partial charge is 0.264 e. The van der Waals surface area contributed by atoms with E-state index in [0.29, 0.717) is 18.1 Å². The van der Waals surface area contributed by atoms with Gasteiger partial charge in [-0.2, -0.15) is 0 Å². The van der Waals surface area contributed by atoms with Crippen molar-refractivity contribution in [3.63, 3.8) is 0 Å². The number of ether oxygens (including phenoxy) is 3. The van der Waals surface area contributed by atoms with Gasteiger partial charge in [0.2, 0.25) is 11.8 Å². The van der Waals surface area contributed by atoms with Gasteiger partial charge in [0.1, 0.15) is 24.2 Å². The van der Waals surface area contributed by atoms with Crippen LogP contribution in [-0.4, -0.2) is 64.6 Å². The Morgan fingerprint density at radius 2 is 1.54 bits per heavy atom. The lowest BCUT2D eigenvalue weighted by atomic mass is 9.94. The van der Waals surface area contributed by atoms with E-state index in [2.05, 4.69) is 5.32 Å². The minimum atomic E-state index is -4.44. The molecule has 1 saturated carbocycles. The van der Waals surface area contributed by atoms with Crippen molar-refractivity contribution in [1.82, 2.24) is 10.2 Å². The summed E-state index contributed by atoms with van der Waals surface area (Å²) in [5.41, 5.74) is 1.16. The molecule has 0 aliphatic heterocycles. The molecule has 0 spiro atoms. The molecule has 5 rings (SSSR count). The van der Waals surface area contributed by atoms with Crippen molar-refractivity contribution in [3.05, 3.63) is 114 Å². The molecule has 4 aromatic rings. The van der Waals surface area contributed by atoms with Gasteiger partial charge in [-0.3, -0.25) is 13.9 Å². The summed E-state index contributed by atoms with van der Waals surface area (Å²) in [5, 5.41) is 3.16. The normalized spacial score (nSPS) is 13.8. The number of rotatable bonds is 16. The molecule has 0 bridgehead atoms. The van der Waals surface area contributed by atoms with Crippen LogP contribution in [0.15, 0.2) is 102 Å². The van der Waals surface area contributed by atoms with Crippen molar-refractivity contribution in [2.75, 3.05) is 31.7 Å². The third-order valence-corrected chi connectivity index (χ3v) is 10.9. The van der Waals surface area contributed by atoms with Crippen LogP contribution in [0.25, 0.3) is 0 Å². The van der Waals surface area contributed by atoms with Crippen LogP contribution < -0.4 is 23.8 Å². The lowest BCUT2D eigenvalue weighted by molar-refractivity contribution is -0.140. The summed E-state index contributed by atoms with van der Waals surface area (Å²) in [6.07, 6.45) is 4.83. The monoisotopic (exact) mass is 731 g/mol. The van der Waals surface area contributed by atoms with Gasteiger partial charge in [-0.1, -0.05) is 67.8 Å². The Balaban J connectivity index is 1.59. The van der Waals surface area contributed by atoms with E-state index in [9.17, 15) is 18.0 Å². The molecule has 0 saturated heterocycles. The second kappa shape index (κ2) is 17.9. The van der Waals surface area contributed by atoms with Crippen LogP contribution in [0, 0.1) is 5.82 Å². The van der Waals surface area contributed by atoms with Gasteiger partial charge >= 0.3 is 0 Å². The number of sulfonamides is 1. The molecule has 52 heavy (non-hydrogen) atoms. The summed E-state index contributed by atoms with van der Waals surface area (Å²) in [7, 11) is -1.60. The number of amides is 2. The third kappa shape index (κ3) is 9.41. The van der Waals surface area contributed by atoms with Gasteiger partial charge in [0.25, 0.3) is 10.0 Å². The zero-order valence-electron chi connectivity index (χ0n) is 29.8. The Hall–Kier alpha value is -5.10. The highest BCUT2D eigenvalue weighted by Crippen LogP contribution is 2.33. The highest BCUT2D eigenvalue weighted by atomic mass is 32.2. The number of anilines is 1. The van der Waals surface area contributed by atoms with E-state index in [0.717, 1.165) is 42.0 Å². The molecule has 10 nitrogen and oxygen atoms in total. The predicted molar refractivity (Wildman–Crippen MR) is 198 cm³/mol. The average molecular weight is 732 g/mol. The number of nitrogens with one attached hydrogen (secondary N) is 1. The Kier molecular flexibility index (Phi) is 13.1. The van der Waals surface area contributed by atoms with Crippen molar-refractivity contribution < 1.29 is 36.6 Å². The Morgan fingerprint density at radius 1 is 0.865 bits per heavy atom. The first kappa shape index (κ1) is 38.1. The van der Waals surface area contributed by atoms with Crippen LogP contribution in [0.3, 0.4) is 0 Å². The van der Waals surface area contributed by atoms with Gasteiger partial charge in [0.05, 0.1) is 31.4 Å². The van der Waals surface area contributed by atoms with E-state index < -0.39 is 34.3 Å². The highest BCUT2D eigenvalue weighted by molar-refractivity contribution is 7.92. The summed E-state index contributed by atoms with van der Waals surface area (Å²) in [4.78, 5) is 30.2. The SMILES string of the molecule is CCOc1ccc(N(CC(=O)N(Cc2ccccc2F)[C@@H](Cc2ccccc2)C(=O)NC2CCCCC2)S(=O)(=O)c2ccc(OC)c(OC)c2)cc1. The second-order valence-electron chi connectivity index (χ2n) is 12.6. The number of hydrogen-bond donors (Lipinski definition) is 1. The van der Waals surface area contributed by atoms with Crippen molar-refractivity contribution in [3.8, 4) is 17.2 Å². The molecule has 4 aromatic carbocycles. The van der Waals surface area contributed by atoms with Crippen LogP contribution in [0.1, 0.15) is 50.2 Å². The maximum absolute atomic E-state index is 15.3. The number of carbonyl (C=O) groups is 2. The molecular formula is C40H46FN3O7S. The van der Waals surface area contributed by atoms with E-state index in [1.807, 2.05) is 37.3 Å². The van der Waals surface area contributed by atoms with E-state index in [4.69, 9.17) is 14.2 Å². The van der Waals surface area contributed by atoms with Gasteiger partial charge in [-0.05, 0) is 67.8 Å². The second-order valence-corrected chi connectivity index (χ2v) is 14.5. The van der Waals surface area contributed by atoms with E-state index >= 15 is 4.39 Å². The first-order chi connectivity index (χ1) is 25.1. The maximum Gasteiger partial charge on any atom is 0.264 e. The molecule has 276 valence electrons. The molecule has 1 fully saturated rings. The van der Waals surface area contributed by atoms with E-state index in [-0.39, 0.29) is 46.8 Å². The standard InChI is InChI=1S/C40H46FN3O7S/c1-4-51-33-21-19-32(20-22-33)44(52(47,48)34-23-24-37(49-2)38(26-34)50-3)28-39(45)43(27-30-15-11-12-18-35(30)41)36(25-29-13-7-5-8-14-29)40(46)42-31-16-9-6-10-17-31/h5,7-8,11-15,18-24,26,31,36H,4,6,9-10,16-17,25,27-28H2,1-3H3,(H,42,46)/t36-/m0/s1. The Bertz CT molecular complexity index is 1900. The molecule has 1 atom stereocenters. The van der Waals surface area contributed by atoms with Crippen LogP contribution >= 0.6 is 0 Å². The molecule has 12 heteroatoms. The summed E-state index contributed by atoms with van der Waals surface area (Å²) in [6.45, 7) is 1.28. The van der Waals surface area contributed by atoms with E-state index in [1.165, 1.54) is 43.4 Å². The molecule has 0 aromatic heterocycles. The maximum atomic E-state index is 15.3. The molecular weight excluding hydrogens is 686 g/mol. The molecule has 0 unspecified atom stereocenters. The molecule has 2 amide bonds. The highest BCUT2D eigenvalue weighted by Gasteiger charge is 2.36. The fraction of sp³-hybridized carbons (Fsp3) is 0.350. The van der Waals surface area contributed by atoms with Gasteiger partial charge < -0.3 is 24.4 Å². The summed E-state index contributed by atoms with van der Waals surface area (Å²) in [5.74, 6) is -0.590. The molecule has 1 N–H and O–H groups in total. The van der Waals surface area contributed by atoms with E-state index in [1.54, 1.807) is 42.5 Å². The summed E-state index contributed by atoms with van der Waals surface area (Å²) >= 11 is 0. The number of nitrogens with zero attached hydrogens (tertiary/aromatic N) is 2.